The molecular weight excluding hydrogens is 252 g/mol. The highest BCUT2D eigenvalue weighted by molar-refractivity contribution is 6.31. The van der Waals surface area contributed by atoms with Gasteiger partial charge >= 0.3 is 0 Å². The van der Waals surface area contributed by atoms with Crippen molar-refractivity contribution in [1.82, 2.24) is 0 Å². The summed E-state index contributed by atoms with van der Waals surface area (Å²) in [5.74, 6) is 1.22. The Morgan fingerprint density at radius 3 is 2.39 bits per heavy atom. The summed E-state index contributed by atoms with van der Waals surface area (Å²) >= 11 is 5.97. The average molecular weight is 265 g/mol. The Hall–Kier alpha value is -1.55. The number of aliphatic hydroxyl groups is 2. The second kappa shape index (κ2) is 5.87. The lowest BCUT2D eigenvalue weighted by molar-refractivity contribution is 0.281. The van der Waals surface area contributed by atoms with Crippen molar-refractivity contribution >= 4 is 11.6 Å². The van der Waals surface area contributed by atoms with E-state index in [0.29, 0.717) is 22.1 Å². The smallest absolute Gasteiger partial charge is 0.128 e. The van der Waals surface area contributed by atoms with Gasteiger partial charge in [-0.2, -0.15) is 0 Å². The molecule has 0 heterocycles. The Kier molecular flexibility index (Phi) is 4.20. The number of aliphatic hydroxyl groups excluding tert-OH is 2. The zero-order chi connectivity index (χ0) is 13.0. The number of ether oxygens (including phenoxy) is 1. The van der Waals surface area contributed by atoms with E-state index in [1.807, 2.05) is 12.1 Å². The third kappa shape index (κ3) is 3.01. The molecule has 0 saturated carbocycles. The fraction of sp³-hybridized carbons (Fsp3) is 0.143. The number of hydrogen-bond acceptors (Lipinski definition) is 3. The lowest BCUT2D eigenvalue weighted by Gasteiger charge is -2.08. The molecule has 0 aliphatic carbocycles. The lowest BCUT2D eigenvalue weighted by Crippen LogP contribution is -1.89. The standard InChI is InChI=1S/C14H13ClO3/c15-14-7-13(5-4-11(14)9-17)18-12-3-1-2-10(6-12)8-16/h1-7,16-17H,8-9H2. The van der Waals surface area contributed by atoms with Crippen LogP contribution in [0.2, 0.25) is 5.02 Å². The first kappa shape index (κ1) is 12.9. The summed E-state index contributed by atoms with van der Waals surface area (Å²) in [6.07, 6.45) is 0. The Morgan fingerprint density at radius 1 is 0.944 bits per heavy atom. The third-order valence-electron chi connectivity index (χ3n) is 2.51. The van der Waals surface area contributed by atoms with Crippen LogP contribution in [0.1, 0.15) is 11.1 Å². The van der Waals surface area contributed by atoms with E-state index in [1.54, 1.807) is 30.3 Å². The Labute approximate surface area is 110 Å². The molecule has 0 bridgehead atoms. The first-order valence-corrected chi connectivity index (χ1v) is 5.87. The molecule has 0 aliphatic rings. The fourth-order valence-electron chi connectivity index (χ4n) is 1.56. The van der Waals surface area contributed by atoms with E-state index >= 15 is 0 Å². The summed E-state index contributed by atoms with van der Waals surface area (Å²) < 4.78 is 5.62. The van der Waals surface area contributed by atoms with Gasteiger partial charge in [0.2, 0.25) is 0 Å². The number of halogens is 1. The zero-order valence-corrected chi connectivity index (χ0v) is 10.4. The highest BCUT2D eigenvalue weighted by Gasteiger charge is 2.03. The molecule has 3 nitrogen and oxygen atoms in total. The van der Waals surface area contributed by atoms with Crippen molar-refractivity contribution < 1.29 is 14.9 Å². The predicted molar refractivity (Wildman–Crippen MR) is 69.8 cm³/mol. The monoisotopic (exact) mass is 264 g/mol. The van der Waals surface area contributed by atoms with E-state index in [2.05, 4.69) is 0 Å². The van der Waals surface area contributed by atoms with E-state index < -0.39 is 0 Å². The SMILES string of the molecule is OCc1cccc(Oc2ccc(CO)c(Cl)c2)c1. The van der Waals surface area contributed by atoms with Gasteiger partial charge < -0.3 is 14.9 Å². The van der Waals surface area contributed by atoms with Crippen LogP contribution in [0.15, 0.2) is 42.5 Å². The molecular formula is C14H13ClO3. The summed E-state index contributed by atoms with van der Waals surface area (Å²) in [6, 6.07) is 12.3. The zero-order valence-electron chi connectivity index (χ0n) is 9.64. The lowest BCUT2D eigenvalue weighted by atomic mass is 10.2. The Morgan fingerprint density at radius 2 is 1.72 bits per heavy atom. The van der Waals surface area contributed by atoms with Crippen molar-refractivity contribution in [3.8, 4) is 11.5 Å². The van der Waals surface area contributed by atoms with Crippen LogP contribution in [-0.2, 0) is 13.2 Å². The molecule has 0 aliphatic heterocycles. The minimum Gasteiger partial charge on any atom is -0.457 e. The molecule has 4 heteroatoms. The molecule has 0 amide bonds. The fourth-order valence-corrected chi connectivity index (χ4v) is 1.79. The summed E-state index contributed by atoms with van der Waals surface area (Å²) in [7, 11) is 0. The van der Waals surface area contributed by atoms with Crippen molar-refractivity contribution in [3.63, 3.8) is 0 Å². The Balaban J connectivity index is 2.20. The van der Waals surface area contributed by atoms with Gasteiger partial charge in [-0.1, -0.05) is 29.8 Å². The van der Waals surface area contributed by atoms with Gasteiger partial charge in [0, 0.05) is 5.02 Å². The van der Waals surface area contributed by atoms with Crippen LogP contribution in [-0.4, -0.2) is 10.2 Å². The van der Waals surface area contributed by atoms with Crippen LogP contribution in [0.3, 0.4) is 0 Å². The van der Waals surface area contributed by atoms with Crippen LogP contribution >= 0.6 is 11.6 Å². The first-order valence-electron chi connectivity index (χ1n) is 5.50. The topological polar surface area (TPSA) is 49.7 Å². The highest BCUT2D eigenvalue weighted by Crippen LogP contribution is 2.27. The molecule has 18 heavy (non-hydrogen) atoms. The normalized spacial score (nSPS) is 10.4. The maximum atomic E-state index is 9.04. The minimum absolute atomic E-state index is 0.0264. The van der Waals surface area contributed by atoms with Crippen LogP contribution in [0.25, 0.3) is 0 Å². The Bertz CT molecular complexity index is 540. The molecule has 0 atom stereocenters. The molecule has 0 aromatic heterocycles. The minimum atomic E-state index is -0.0981. The molecule has 0 fully saturated rings. The maximum absolute atomic E-state index is 9.04. The quantitative estimate of drug-likeness (QED) is 0.892. The largest absolute Gasteiger partial charge is 0.457 e. The molecule has 2 rings (SSSR count). The van der Waals surface area contributed by atoms with Gasteiger partial charge in [0.25, 0.3) is 0 Å². The van der Waals surface area contributed by atoms with Gasteiger partial charge in [-0.25, -0.2) is 0 Å². The number of benzene rings is 2. The molecule has 2 N–H and O–H groups in total. The first-order chi connectivity index (χ1) is 8.72. The van der Waals surface area contributed by atoms with Crippen molar-refractivity contribution in [3.05, 3.63) is 58.6 Å². The van der Waals surface area contributed by atoms with Crippen molar-refractivity contribution in [2.45, 2.75) is 13.2 Å². The molecule has 0 saturated heterocycles. The summed E-state index contributed by atoms with van der Waals surface area (Å²) in [5.41, 5.74) is 1.44. The van der Waals surface area contributed by atoms with Gasteiger partial charge in [0.05, 0.1) is 13.2 Å². The van der Waals surface area contributed by atoms with Gasteiger partial charge in [-0.05, 0) is 35.4 Å². The van der Waals surface area contributed by atoms with E-state index in [9.17, 15) is 0 Å². The van der Waals surface area contributed by atoms with Crippen LogP contribution in [0.5, 0.6) is 11.5 Å². The molecule has 2 aromatic carbocycles. The third-order valence-corrected chi connectivity index (χ3v) is 2.86. The van der Waals surface area contributed by atoms with Gasteiger partial charge in [0.15, 0.2) is 0 Å². The summed E-state index contributed by atoms with van der Waals surface area (Å²) in [4.78, 5) is 0. The molecule has 0 spiro atoms. The van der Waals surface area contributed by atoms with E-state index in [1.165, 1.54) is 0 Å². The molecule has 0 radical (unpaired) electrons. The number of rotatable bonds is 4. The van der Waals surface area contributed by atoms with E-state index in [0.717, 1.165) is 5.56 Å². The molecule has 94 valence electrons. The van der Waals surface area contributed by atoms with Crippen LogP contribution < -0.4 is 4.74 Å². The second-order valence-corrected chi connectivity index (χ2v) is 4.23. The molecule has 0 unspecified atom stereocenters. The van der Waals surface area contributed by atoms with Crippen molar-refractivity contribution in [1.29, 1.82) is 0 Å². The van der Waals surface area contributed by atoms with Gasteiger partial charge in [0.1, 0.15) is 11.5 Å². The van der Waals surface area contributed by atoms with Crippen molar-refractivity contribution in [2.24, 2.45) is 0 Å². The van der Waals surface area contributed by atoms with E-state index in [-0.39, 0.29) is 13.2 Å². The predicted octanol–water partition coefficient (Wildman–Crippen LogP) is 3.12. The van der Waals surface area contributed by atoms with Crippen molar-refractivity contribution in [2.75, 3.05) is 0 Å². The van der Waals surface area contributed by atoms with Crippen LogP contribution in [0, 0.1) is 0 Å². The molecule has 2 aromatic rings. The highest BCUT2D eigenvalue weighted by atomic mass is 35.5. The van der Waals surface area contributed by atoms with E-state index in [4.69, 9.17) is 26.6 Å². The summed E-state index contributed by atoms with van der Waals surface area (Å²) in [5, 5.41) is 18.5. The maximum Gasteiger partial charge on any atom is 0.128 e. The number of hydrogen-bond donors (Lipinski definition) is 2. The summed E-state index contributed by atoms with van der Waals surface area (Å²) in [6.45, 7) is -0.124. The van der Waals surface area contributed by atoms with Crippen LogP contribution in [0.4, 0.5) is 0 Å². The van der Waals surface area contributed by atoms with Gasteiger partial charge in [-0.15, -0.1) is 0 Å². The van der Waals surface area contributed by atoms with Gasteiger partial charge in [-0.3, -0.25) is 0 Å². The second-order valence-electron chi connectivity index (χ2n) is 3.82. The average Bonchev–Trinajstić information content (AvgIpc) is 2.39.